The first-order valence-electron chi connectivity index (χ1n) is 9.59. The van der Waals surface area contributed by atoms with Crippen molar-refractivity contribution in [2.24, 2.45) is 0 Å². The van der Waals surface area contributed by atoms with Gasteiger partial charge >= 0.3 is 0 Å². The molecule has 1 fully saturated rings. The Morgan fingerprint density at radius 2 is 1.90 bits per heavy atom. The van der Waals surface area contributed by atoms with Gasteiger partial charge in [0.1, 0.15) is 17.6 Å². The van der Waals surface area contributed by atoms with Gasteiger partial charge in [0, 0.05) is 37.1 Å². The van der Waals surface area contributed by atoms with Gasteiger partial charge in [-0.3, -0.25) is 4.79 Å². The predicted octanol–water partition coefficient (Wildman–Crippen LogP) is 3.39. The van der Waals surface area contributed by atoms with Crippen molar-refractivity contribution in [1.82, 2.24) is 9.88 Å². The number of pyridine rings is 1. The minimum atomic E-state index is 0.0485. The number of piperazine rings is 1. The number of nitrogens with zero attached hydrogens (tertiary/aromatic N) is 4. The van der Waals surface area contributed by atoms with Gasteiger partial charge in [-0.25, -0.2) is 4.98 Å². The van der Waals surface area contributed by atoms with Gasteiger partial charge in [-0.15, -0.1) is 0 Å². The summed E-state index contributed by atoms with van der Waals surface area (Å²) in [6, 6.07) is 17.4. The van der Waals surface area contributed by atoms with E-state index in [0.29, 0.717) is 43.1 Å². The van der Waals surface area contributed by atoms with Crippen molar-refractivity contribution in [3.63, 3.8) is 0 Å². The Morgan fingerprint density at radius 1 is 1.10 bits per heavy atom. The molecule has 6 heteroatoms. The topological polar surface area (TPSA) is 69.5 Å². The van der Waals surface area contributed by atoms with Gasteiger partial charge in [0.2, 0.25) is 0 Å². The maximum Gasteiger partial charge on any atom is 0.253 e. The van der Waals surface area contributed by atoms with Gasteiger partial charge in [0.15, 0.2) is 0 Å². The van der Waals surface area contributed by atoms with E-state index in [4.69, 9.17) is 9.72 Å². The zero-order valence-corrected chi connectivity index (χ0v) is 16.6. The first-order valence-corrected chi connectivity index (χ1v) is 9.59. The van der Waals surface area contributed by atoms with E-state index in [0.717, 1.165) is 22.2 Å². The van der Waals surface area contributed by atoms with Crippen molar-refractivity contribution in [2.75, 3.05) is 38.2 Å². The van der Waals surface area contributed by atoms with Crippen LogP contribution in [0.4, 0.5) is 5.82 Å². The van der Waals surface area contributed by atoms with Crippen LogP contribution in [-0.2, 0) is 0 Å². The number of carbonyl (C=O) groups is 1. The van der Waals surface area contributed by atoms with Crippen LogP contribution in [0.15, 0.2) is 48.5 Å². The number of methoxy groups -OCH3 is 1. The maximum absolute atomic E-state index is 12.8. The molecule has 1 aliphatic heterocycles. The summed E-state index contributed by atoms with van der Waals surface area (Å²) in [6.07, 6.45) is 0. The maximum atomic E-state index is 12.8. The molecule has 1 saturated heterocycles. The lowest BCUT2D eigenvalue weighted by molar-refractivity contribution is 0.0746. The van der Waals surface area contributed by atoms with Crippen LogP contribution in [0.25, 0.3) is 10.9 Å². The molecule has 0 unspecified atom stereocenters. The third-order valence-electron chi connectivity index (χ3n) is 5.25. The largest absolute Gasteiger partial charge is 0.497 e. The number of fused-ring (bicyclic) bond motifs is 1. The van der Waals surface area contributed by atoms with Crippen LogP contribution in [0, 0.1) is 18.3 Å². The number of hydrogen-bond acceptors (Lipinski definition) is 5. The minimum absolute atomic E-state index is 0.0485. The number of hydrogen-bond donors (Lipinski definition) is 0. The van der Waals surface area contributed by atoms with Crippen molar-refractivity contribution >= 4 is 22.6 Å². The fraction of sp³-hybridized carbons (Fsp3) is 0.261. The first kappa shape index (κ1) is 18.8. The predicted molar refractivity (Wildman–Crippen MR) is 112 cm³/mol. The highest BCUT2D eigenvalue weighted by atomic mass is 16.5. The first-order chi connectivity index (χ1) is 14.1. The lowest BCUT2D eigenvalue weighted by Crippen LogP contribution is -2.49. The molecule has 1 aliphatic rings. The van der Waals surface area contributed by atoms with Gasteiger partial charge in [-0.1, -0.05) is 17.7 Å². The summed E-state index contributed by atoms with van der Waals surface area (Å²) in [5.74, 6) is 1.46. The average molecular weight is 386 g/mol. The molecule has 1 amide bonds. The lowest BCUT2D eigenvalue weighted by atomic mass is 10.1. The minimum Gasteiger partial charge on any atom is -0.497 e. The van der Waals surface area contributed by atoms with Crippen molar-refractivity contribution < 1.29 is 9.53 Å². The molecule has 2 heterocycles. The molecule has 29 heavy (non-hydrogen) atoms. The molecule has 1 aromatic heterocycles. The molecule has 4 rings (SSSR count). The summed E-state index contributed by atoms with van der Waals surface area (Å²) in [7, 11) is 1.62. The Hall–Kier alpha value is -3.59. The summed E-state index contributed by atoms with van der Waals surface area (Å²) in [5.41, 5.74) is 3.14. The van der Waals surface area contributed by atoms with E-state index in [1.54, 1.807) is 7.11 Å². The number of carbonyl (C=O) groups excluding carboxylic acids is 1. The number of benzene rings is 2. The standard InChI is InChI=1S/C23H22N4O2/c1-16-4-3-5-17(12-16)23(28)27-10-8-26(9-11-27)22-19(15-24)13-18-14-20(29-2)6-7-21(18)25-22/h3-7,12-14H,8-11H2,1-2H3. The molecule has 146 valence electrons. The number of nitriles is 1. The Morgan fingerprint density at radius 3 is 2.59 bits per heavy atom. The van der Waals surface area contributed by atoms with Gasteiger partial charge in [-0.2, -0.15) is 5.26 Å². The average Bonchev–Trinajstić information content (AvgIpc) is 2.77. The normalized spacial score (nSPS) is 14.0. The zero-order valence-electron chi connectivity index (χ0n) is 16.6. The number of amides is 1. The SMILES string of the molecule is COc1ccc2nc(N3CCN(C(=O)c4cccc(C)c4)CC3)c(C#N)cc2c1. The third kappa shape index (κ3) is 3.72. The molecule has 0 bridgehead atoms. The Labute approximate surface area is 169 Å². The number of anilines is 1. The summed E-state index contributed by atoms with van der Waals surface area (Å²) in [4.78, 5) is 21.5. The van der Waals surface area contributed by atoms with Gasteiger partial charge in [-0.05, 0) is 43.3 Å². The molecule has 3 aromatic rings. The summed E-state index contributed by atoms with van der Waals surface area (Å²) in [6.45, 7) is 4.46. The zero-order chi connectivity index (χ0) is 20.4. The molecule has 0 N–H and O–H groups in total. The van der Waals surface area contributed by atoms with Crippen LogP contribution in [0.1, 0.15) is 21.5 Å². The van der Waals surface area contributed by atoms with Crippen molar-refractivity contribution in [3.8, 4) is 11.8 Å². The summed E-state index contributed by atoms with van der Waals surface area (Å²) in [5, 5.41) is 10.5. The molecule has 2 aromatic carbocycles. The molecular weight excluding hydrogens is 364 g/mol. The third-order valence-corrected chi connectivity index (χ3v) is 5.25. The van der Waals surface area contributed by atoms with E-state index in [1.165, 1.54) is 0 Å². The number of rotatable bonds is 3. The Balaban J connectivity index is 1.54. The van der Waals surface area contributed by atoms with E-state index in [9.17, 15) is 10.1 Å². The number of aryl methyl sites for hydroxylation is 1. The van der Waals surface area contributed by atoms with E-state index < -0.39 is 0 Å². The Kier molecular flexibility index (Phi) is 5.05. The second kappa shape index (κ2) is 7.80. The lowest BCUT2D eigenvalue weighted by Gasteiger charge is -2.36. The Bertz CT molecular complexity index is 1110. The number of ether oxygens (including phenoxy) is 1. The van der Waals surface area contributed by atoms with Gasteiger partial charge < -0.3 is 14.5 Å². The number of aromatic nitrogens is 1. The van der Waals surface area contributed by atoms with Crippen molar-refractivity contribution in [1.29, 1.82) is 5.26 Å². The summed E-state index contributed by atoms with van der Waals surface area (Å²) < 4.78 is 5.26. The monoisotopic (exact) mass is 386 g/mol. The van der Waals surface area contributed by atoms with Crippen LogP contribution < -0.4 is 9.64 Å². The van der Waals surface area contributed by atoms with Gasteiger partial charge in [0.05, 0.1) is 18.2 Å². The van der Waals surface area contributed by atoms with Crippen molar-refractivity contribution in [2.45, 2.75) is 6.92 Å². The van der Waals surface area contributed by atoms with Crippen LogP contribution in [-0.4, -0.2) is 49.1 Å². The van der Waals surface area contributed by atoms with Crippen LogP contribution in [0.3, 0.4) is 0 Å². The van der Waals surface area contributed by atoms with E-state index >= 15 is 0 Å². The molecule has 0 saturated carbocycles. The van der Waals surface area contributed by atoms with E-state index in [1.807, 2.05) is 60.4 Å². The summed E-state index contributed by atoms with van der Waals surface area (Å²) >= 11 is 0. The van der Waals surface area contributed by atoms with Crippen LogP contribution >= 0.6 is 0 Å². The molecule has 0 spiro atoms. The second-order valence-corrected chi connectivity index (χ2v) is 7.18. The molecule has 0 aliphatic carbocycles. The molecule has 6 nitrogen and oxygen atoms in total. The molecular formula is C23H22N4O2. The van der Waals surface area contributed by atoms with E-state index in [-0.39, 0.29) is 5.91 Å². The quantitative estimate of drug-likeness (QED) is 0.690. The van der Waals surface area contributed by atoms with Crippen LogP contribution in [0.5, 0.6) is 5.75 Å². The fourth-order valence-electron chi connectivity index (χ4n) is 3.68. The smallest absolute Gasteiger partial charge is 0.253 e. The van der Waals surface area contributed by atoms with E-state index in [2.05, 4.69) is 11.0 Å². The molecule has 0 atom stereocenters. The second-order valence-electron chi connectivity index (χ2n) is 7.18. The highest BCUT2D eigenvalue weighted by Gasteiger charge is 2.24. The van der Waals surface area contributed by atoms with Crippen molar-refractivity contribution in [3.05, 3.63) is 65.2 Å². The highest BCUT2D eigenvalue weighted by Crippen LogP contribution is 2.27. The fourth-order valence-corrected chi connectivity index (χ4v) is 3.68. The van der Waals surface area contributed by atoms with Gasteiger partial charge in [0.25, 0.3) is 5.91 Å². The van der Waals surface area contributed by atoms with Crippen LogP contribution in [0.2, 0.25) is 0 Å². The molecule has 0 radical (unpaired) electrons. The highest BCUT2D eigenvalue weighted by molar-refractivity contribution is 5.94.